The monoisotopic (exact) mass is 361 g/mol. The molecular formula is C18H20FN3O4. The zero-order valence-electron chi connectivity index (χ0n) is 14.6. The van der Waals surface area contributed by atoms with Crippen molar-refractivity contribution in [3.8, 4) is 11.5 Å². The molecule has 0 atom stereocenters. The Balaban J connectivity index is 2.30. The largest absolute Gasteiger partial charge is 0.465 e. The molecule has 26 heavy (non-hydrogen) atoms. The van der Waals surface area contributed by atoms with E-state index in [1.54, 1.807) is 39.0 Å². The first kappa shape index (κ1) is 19.2. The van der Waals surface area contributed by atoms with Crippen molar-refractivity contribution in [2.24, 2.45) is 5.84 Å². The summed E-state index contributed by atoms with van der Waals surface area (Å²) in [6.45, 7) is 5.00. The van der Waals surface area contributed by atoms with Gasteiger partial charge < -0.3 is 9.84 Å². The molecular weight excluding hydrogens is 341 g/mol. The van der Waals surface area contributed by atoms with Crippen LogP contribution in [0.2, 0.25) is 0 Å². The Hall–Kier alpha value is -3.13. The lowest BCUT2D eigenvalue weighted by Gasteiger charge is -2.33. The zero-order valence-corrected chi connectivity index (χ0v) is 14.6. The summed E-state index contributed by atoms with van der Waals surface area (Å²) in [7, 11) is 0. The van der Waals surface area contributed by atoms with E-state index < -0.39 is 23.4 Å². The molecule has 0 saturated heterocycles. The van der Waals surface area contributed by atoms with E-state index in [0.717, 1.165) is 11.0 Å². The summed E-state index contributed by atoms with van der Waals surface area (Å²) < 4.78 is 20.0. The number of amides is 2. The lowest BCUT2D eigenvalue weighted by atomic mass is 10.1. The van der Waals surface area contributed by atoms with Crippen LogP contribution in [0.1, 0.15) is 31.1 Å². The van der Waals surface area contributed by atoms with Crippen LogP contribution in [0.5, 0.6) is 11.5 Å². The van der Waals surface area contributed by atoms with Crippen molar-refractivity contribution in [1.82, 2.24) is 5.43 Å². The van der Waals surface area contributed by atoms with E-state index >= 15 is 0 Å². The number of hydrazine groups is 1. The predicted molar refractivity (Wildman–Crippen MR) is 94.8 cm³/mol. The van der Waals surface area contributed by atoms with Crippen molar-refractivity contribution in [1.29, 1.82) is 0 Å². The van der Waals surface area contributed by atoms with Crippen LogP contribution in [0.3, 0.4) is 0 Å². The molecule has 138 valence electrons. The first-order chi connectivity index (χ1) is 12.1. The number of nitrogens with zero attached hydrogens (tertiary/aromatic N) is 1. The first-order valence-electron chi connectivity index (χ1n) is 7.75. The van der Waals surface area contributed by atoms with E-state index in [-0.39, 0.29) is 17.0 Å². The Morgan fingerprint density at radius 2 is 1.81 bits per heavy atom. The van der Waals surface area contributed by atoms with Gasteiger partial charge in [0.05, 0.1) is 5.69 Å². The number of benzene rings is 2. The Labute approximate surface area is 150 Å². The molecule has 2 amide bonds. The molecule has 0 bridgehead atoms. The smallest absolute Gasteiger partial charge is 0.412 e. The van der Waals surface area contributed by atoms with Gasteiger partial charge in [-0.3, -0.25) is 15.1 Å². The SMILES string of the molecule is CC(C)(C)N(C(=O)O)c1ccc(Oc2cccc(C(=O)NN)c2)cc1F. The fraction of sp³-hybridized carbons (Fsp3) is 0.222. The molecule has 0 radical (unpaired) electrons. The maximum Gasteiger partial charge on any atom is 0.412 e. The van der Waals surface area contributed by atoms with E-state index in [2.05, 4.69) is 0 Å². The van der Waals surface area contributed by atoms with Crippen molar-refractivity contribution in [2.45, 2.75) is 26.3 Å². The van der Waals surface area contributed by atoms with Crippen LogP contribution in [0.4, 0.5) is 14.9 Å². The topological polar surface area (TPSA) is 105 Å². The quantitative estimate of drug-likeness (QED) is 0.439. The molecule has 0 heterocycles. The molecule has 0 aliphatic heterocycles. The molecule has 7 nitrogen and oxygen atoms in total. The molecule has 0 unspecified atom stereocenters. The summed E-state index contributed by atoms with van der Waals surface area (Å²) in [6.07, 6.45) is -1.26. The minimum atomic E-state index is -1.26. The average molecular weight is 361 g/mol. The van der Waals surface area contributed by atoms with Gasteiger partial charge >= 0.3 is 6.09 Å². The van der Waals surface area contributed by atoms with E-state index in [4.69, 9.17) is 10.6 Å². The third-order valence-corrected chi connectivity index (χ3v) is 3.49. The zero-order chi connectivity index (χ0) is 19.5. The van der Waals surface area contributed by atoms with Crippen LogP contribution in [0, 0.1) is 5.82 Å². The lowest BCUT2D eigenvalue weighted by Crippen LogP contribution is -2.45. The van der Waals surface area contributed by atoms with Crippen LogP contribution in [-0.2, 0) is 0 Å². The van der Waals surface area contributed by atoms with Gasteiger partial charge in [-0.1, -0.05) is 6.07 Å². The third kappa shape index (κ3) is 4.28. The van der Waals surface area contributed by atoms with E-state index in [0.29, 0.717) is 5.75 Å². The second kappa shape index (κ2) is 7.40. The van der Waals surface area contributed by atoms with Gasteiger partial charge in [0.1, 0.15) is 11.5 Å². The molecule has 0 aliphatic carbocycles. The first-order valence-corrected chi connectivity index (χ1v) is 7.75. The minimum absolute atomic E-state index is 0.0754. The Morgan fingerprint density at radius 1 is 1.15 bits per heavy atom. The van der Waals surface area contributed by atoms with Crippen molar-refractivity contribution in [3.63, 3.8) is 0 Å². The highest BCUT2D eigenvalue weighted by Gasteiger charge is 2.30. The van der Waals surface area contributed by atoms with Crippen LogP contribution in [0.15, 0.2) is 42.5 Å². The summed E-state index contributed by atoms with van der Waals surface area (Å²) in [5.74, 6) is 4.33. The molecule has 4 N–H and O–H groups in total. The molecule has 8 heteroatoms. The number of ether oxygens (including phenoxy) is 1. The van der Waals surface area contributed by atoms with Crippen LogP contribution in [-0.4, -0.2) is 22.6 Å². The normalized spacial score (nSPS) is 11.0. The maximum atomic E-state index is 14.5. The molecule has 0 aliphatic rings. The van der Waals surface area contributed by atoms with E-state index in [1.165, 1.54) is 18.2 Å². The fourth-order valence-electron chi connectivity index (χ4n) is 2.40. The molecule has 2 rings (SSSR count). The highest BCUT2D eigenvalue weighted by molar-refractivity contribution is 5.94. The summed E-state index contributed by atoms with van der Waals surface area (Å²) in [4.78, 5) is 24.0. The molecule has 0 aromatic heterocycles. The second-order valence-electron chi connectivity index (χ2n) is 6.51. The predicted octanol–water partition coefficient (Wildman–Crippen LogP) is 3.50. The summed E-state index contributed by atoms with van der Waals surface area (Å²) in [6, 6.07) is 10.1. The fourth-order valence-corrected chi connectivity index (χ4v) is 2.40. The Morgan fingerprint density at radius 3 is 2.35 bits per heavy atom. The van der Waals surface area contributed by atoms with E-state index in [9.17, 15) is 19.1 Å². The molecule has 2 aromatic carbocycles. The number of hydrogen-bond acceptors (Lipinski definition) is 4. The van der Waals surface area contributed by atoms with Crippen molar-refractivity contribution in [2.75, 3.05) is 4.90 Å². The van der Waals surface area contributed by atoms with Gasteiger partial charge in [0.15, 0.2) is 5.82 Å². The van der Waals surface area contributed by atoms with Gasteiger partial charge in [0.2, 0.25) is 0 Å². The van der Waals surface area contributed by atoms with Crippen LogP contribution >= 0.6 is 0 Å². The van der Waals surface area contributed by atoms with Gasteiger partial charge in [-0.2, -0.15) is 0 Å². The van der Waals surface area contributed by atoms with Crippen LogP contribution in [0.25, 0.3) is 0 Å². The van der Waals surface area contributed by atoms with Crippen molar-refractivity contribution < 1.29 is 23.8 Å². The standard InChI is InChI=1S/C18H20FN3O4/c1-18(2,3)22(17(24)25)15-8-7-13(10-14(15)19)26-12-6-4-5-11(9-12)16(23)21-20/h4-10H,20H2,1-3H3,(H,21,23)(H,24,25). The number of halogens is 1. The number of rotatable bonds is 4. The number of hydrogen-bond donors (Lipinski definition) is 3. The summed E-state index contributed by atoms with van der Waals surface area (Å²) in [5, 5.41) is 9.38. The summed E-state index contributed by atoms with van der Waals surface area (Å²) >= 11 is 0. The number of nitrogens with two attached hydrogens (primary N) is 1. The van der Waals surface area contributed by atoms with Gasteiger partial charge in [-0.15, -0.1) is 0 Å². The third-order valence-electron chi connectivity index (χ3n) is 3.49. The molecule has 0 saturated carbocycles. The van der Waals surface area contributed by atoms with Crippen molar-refractivity contribution in [3.05, 3.63) is 53.8 Å². The minimum Gasteiger partial charge on any atom is -0.465 e. The maximum absolute atomic E-state index is 14.5. The highest BCUT2D eigenvalue weighted by atomic mass is 19.1. The Kier molecular flexibility index (Phi) is 5.47. The van der Waals surface area contributed by atoms with Gasteiger partial charge in [-0.05, 0) is 51.1 Å². The molecule has 0 spiro atoms. The second-order valence-corrected chi connectivity index (χ2v) is 6.51. The van der Waals surface area contributed by atoms with Gasteiger partial charge in [0, 0.05) is 17.2 Å². The number of anilines is 1. The number of carbonyl (C=O) groups is 2. The molecule has 0 fully saturated rings. The number of nitrogens with one attached hydrogen (secondary N) is 1. The van der Waals surface area contributed by atoms with Crippen LogP contribution < -0.4 is 20.9 Å². The van der Waals surface area contributed by atoms with Crippen molar-refractivity contribution >= 4 is 17.7 Å². The number of nitrogen functional groups attached to an aromatic ring is 1. The highest BCUT2D eigenvalue weighted by Crippen LogP contribution is 2.31. The lowest BCUT2D eigenvalue weighted by molar-refractivity contribution is 0.0953. The van der Waals surface area contributed by atoms with Gasteiger partial charge in [0.25, 0.3) is 5.91 Å². The van der Waals surface area contributed by atoms with Gasteiger partial charge in [-0.25, -0.2) is 15.0 Å². The average Bonchev–Trinajstić information content (AvgIpc) is 2.55. The van der Waals surface area contributed by atoms with E-state index in [1.807, 2.05) is 5.43 Å². The molecule has 2 aromatic rings. The Bertz CT molecular complexity index is 833. The number of carboxylic acid groups (broad SMARTS) is 1. The summed E-state index contributed by atoms with van der Waals surface area (Å²) in [5.41, 5.74) is 1.40. The number of carbonyl (C=O) groups excluding carboxylic acids is 1.